The maximum atomic E-state index is 13.1. The molecule has 0 spiro atoms. The van der Waals surface area contributed by atoms with Gasteiger partial charge in [-0.2, -0.15) is 0 Å². The molecule has 11 heteroatoms. The first-order valence-electron chi connectivity index (χ1n) is 11.5. The molecule has 9 nitrogen and oxygen atoms in total. The summed E-state index contributed by atoms with van der Waals surface area (Å²) in [6.45, 7) is 0.213. The van der Waals surface area contributed by atoms with E-state index in [4.69, 9.17) is 21.1 Å². The van der Waals surface area contributed by atoms with Crippen molar-refractivity contribution < 1.29 is 23.9 Å². The molecule has 0 aliphatic heterocycles. The summed E-state index contributed by atoms with van der Waals surface area (Å²) < 4.78 is 12.6. The molecular formula is C27H24BrClN4O5. The molecule has 0 saturated heterocycles. The quantitative estimate of drug-likeness (QED) is 0.253. The summed E-state index contributed by atoms with van der Waals surface area (Å²) in [4.78, 5) is 38.5. The van der Waals surface area contributed by atoms with Crippen molar-refractivity contribution in [3.8, 4) is 11.5 Å². The lowest BCUT2D eigenvalue weighted by Gasteiger charge is -2.13. The molecule has 196 valence electrons. The zero-order valence-electron chi connectivity index (χ0n) is 20.5. The molecule has 38 heavy (non-hydrogen) atoms. The number of anilines is 1. The maximum Gasteiger partial charge on any atom is 0.328 e. The molecule has 0 aliphatic carbocycles. The Labute approximate surface area is 232 Å². The maximum absolute atomic E-state index is 13.1. The van der Waals surface area contributed by atoms with Crippen LogP contribution in [-0.2, 0) is 16.0 Å². The van der Waals surface area contributed by atoms with Crippen molar-refractivity contribution in [2.75, 3.05) is 31.5 Å². The van der Waals surface area contributed by atoms with Crippen LogP contribution >= 0.6 is 27.5 Å². The minimum absolute atomic E-state index is 0.138. The zero-order chi connectivity index (χ0) is 27.2. The van der Waals surface area contributed by atoms with Crippen LogP contribution in [0.3, 0.4) is 0 Å². The standard InChI is InChI=1S/C27H24BrClN4O5/c1-37-23-10-3-16(13-24(23)38-2)11-12-30-26(35)27(36)32-33-21-9-4-18(28)14-17(21)15-22(33)25(34)31-20-7-5-19(29)6-8-20/h3-10,13-15H,11-12H2,1-2H3,(H,30,35)(H,31,34)(H,32,36). The minimum Gasteiger partial charge on any atom is -0.493 e. The van der Waals surface area contributed by atoms with Gasteiger partial charge in [-0.15, -0.1) is 0 Å². The predicted molar refractivity (Wildman–Crippen MR) is 150 cm³/mol. The number of methoxy groups -OCH3 is 2. The molecule has 4 aromatic rings. The molecule has 4 rings (SSSR count). The van der Waals surface area contributed by atoms with E-state index in [9.17, 15) is 14.4 Å². The van der Waals surface area contributed by atoms with E-state index in [0.717, 1.165) is 10.0 Å². The molecule has 0 unspecified atom stereocenters. The van der Waals surface area contributed by atoms with Gasteiger partial charge in [0.05, 0.1) is 19.7 Å². The number of halogens is 2. The fourth-order valence-electron chi connectivity index (χ4n) is 3.79. The first kappa shape index (κ1) is 27.0. The van der Waals surface area contributed by atoms with Gasteiger partial charge in [0.2, 0.25) is 0 Å². The lowest BCUT2D eigenvalue weighted by Crippen LogP contribution is -2.40. The second kappa shape index (κ2) is 12.0. The zero-order valence-corrected chi connectivity index (χ0v) is 22.9. The van der Waals surface area contributed by atoms with Gasteiger partial charge in [0, 0.05) is 27.1 Å². The third-order valence-corrected chi connectivity index (χ3v) is 6.41. The van der Waals surface area contributed by atoms with Gasteiger partial charge in [-0.1, -0.05) is 33.6 Å². The second-order valence-electron chi connectivity index (χ2n) is 8.17. The van der Waals surface area contributed by atoms with E-state index < -0.39 is 17.7 Å². The first-order chi connectivity index (χ1) is 18.3. The van der Waals surface area contributed by atoms with Gasteiger partial charge in [0.1, 0.15) is 5.69 Å². The van der Waals surface area contributed by atoms with Crippen molar-refractivity contribution >= 4 is 61.8 Å². The van der Waals surface area contributed by atoms with Crippen molar-refractivity contribution in [1.82, 2.24) is 9.99 Å². The summed E-state index contributed by atoms with van der Waals surface area (Å²) in [5.74, 6) is -1.06. The predicted octanol–water partition coefficient (Wildman–Crippen LogP) is 4.76. The molecule has 0 aliphatic rings. The molecule has 0 radical (unpaired) electrons. The molecule has 0 fully saturated rings. The number of fused-ring (bicyclic) bond motifs is 1. The monoisotopic (exact) mass is 598 g/mol. The van der Waals surface area contributed by atoms with Crippen LogP contribution in [-0.4, -0.2) is 43.2 Å². The number of nitrogens with one attached hydrogen (secondary N) is 3. The average Bonchev–Trinajstić information content (AvgIpc) is 3.26. The third kappa shape index (κ3) is 6.27. The molecule has 0 saturated carbocycles. The summed E-state index contributed by atoms with van der Waals surface area (Å²) in [5.41, 5.74) is 4.64. The molecule has 0 atom stereocenters. The largest absolute Gasteiger partial charge is 0.493 e. The van der Waals surface area contributed by atoms with E-state index in [1.165, 1.54) is 4.68 Å². The van der Waals surface area contributed by atoms with Crippen molar-refractivity contribution in [3.63, 3.8) is 0 Å². The lowest BCUT2D eigenvalue weighted by atomic mass is 10.1. The number of benzene rings is 3. The minimum atomic E-state index is -0.918. The van der Waals surface area contributed by atoms with Crippen molar-refractivity contribution in [2.24, 2.45) is 0 Å². The summed E-state index contributed by atoms with van der Waals surface area (Å²) in [6, 6.07) is 19.0. The molecule has 3 aromatic carbocycles. The van der Waals surface area contributed by atoms with Crippen LogP contribution in [0.25, 0.3) is 10.9 Å². The number of carbonyl (C=O) groups excluding carboxylic acids is 3. The Hall–Kier alpha value is -4.02. The highest BCUT2D eigenvalue weighted by Crippen LogP contribution is 2.28. The number of amides is 3. The van der Waals surface area contributed by atoms with Crippen LogP contribution in [0.2, 0.25) is 5.02 Å². The van der Waals surface area contributed by atoms with Crippen molar-refractivity contribution in [2.45, 2.75) is 6.42 Å². The van der Waals surface area contributed by atoms with Crippen LogP contribution in [0.4, 0.5) is 5.69 Å². The Morgan fingerprint density at radius 2 is 1.63 bits per heavy atom. The number of aromatic nitrogens is 1. The van der Waals surface area contributed by atoms with Gasteiger partial charge in [0.25, 0.3) is 5.91 Å². The summed E-state index contributed by atoms with van der Waals surface area (Å²) >= 11 is 9.34. The van der Waals surface area contributed by atoms with Gasteiger partial charge in [-0.25, -0.2) is 4.68 Å². The van der Waals surface area contributed by atoms with E-state index in [1.54, 1.807) is 74.9 Å². The second-order valence-corrected chi connectivity index (χ2v) is 9.52. The van der Waals surface area contributed by atoms with E-state index in [-0.39, 0.29) is 12.2 Å². The number of rotatable bonds is 8. The highest BCUT2D eigenvalue weighted by molar-refractivity contribution is 9.10. The van der Waals surface area contributed by atoms with Gasteiger partial charge in [-0.05, 0) is 72.6 Å². The SMILES string of the molecule is COc1ccc(CCNC(=O)C(=O)Nn2c(C(=O)Nc3ccc(Cl)cc3)cc3cc(Br)ccc32)cc1OC. The summed E-state index contributed by atoms with van der Waals surface area (Å²) in [6.07, 6.45) is 0.467. The van der Waals surface area contributed by atoms with E-state index in [0.29, 0.717) is 39.5 Å². The number of ether oxygens (including phenoxy) is 2. The number of hydrogen-bond donors (Lipinski definition) is 3. The fraction of sp³-hybridized carbons (Fsp3) is 0.148. The van der Waals surface area contributed by atoms with E-state index in [1.807, 2.05) is 6.07 Å². The molecule has 0 bridgehead atoms. The normalized spacial score (nSPS) is 10.6. The van der Waals surface area contributed by atoms with Crippen LogP contribution in [0.5, 0.6) is 11.5 Å². The van der Waals surface area contributed by atoms with Crippen LogP contribution in [0.15, 0.2) is 71.2 Å². The van der Waals surface area contributed by atoms with Crippen molar-refractivity contribution in [3.05, 3.63) is 87.5 Å². The van der Waals surface area contributed by atoms with E-state index in [2.05, 4.69) is 32.0 Å². The number of hydrogen-bond acceptors (Lipinski definition) is 5. The van der Waals surface area contributed by atoms with Crippen LogP contribution in [0.1, 0.15) is 16.1 Å². The fourth-order valence-corrected chi connectivity index (χ4v) is 4.30. The smallest absolute Gasteiger partial charge is 0.328 e. The molecular weight excluding hydrogens is 576 g/mol. The van der Waals surface area contributed by atoms with E-state index >= 15 is 0 Å². The molecule has 1 heterocycles. The summed E-state index contributed by atoms with van der Waals surface area (Å²) in [7, 11) is 3.09. The Morgan fingerprint density at radius 1 is 0.895 bits per heavy atom. The topological polar surface area (TPSA) is 111 Å². The highest BCUT2D eigenvalue weighted by Gasteiger charge is 2.21. The number of carbonyl (C=O) groups is 3. The Bertz CT molecular complexity index is 1500. The molecule has 1 aromatic heterocycles. The van der Waals surface area contributed by atoms with Gasteiger partial charge < -0.3 is 20.1 Å². The first-order valence-corrected chi connectivity index (χ1v) is 12.6. The van der Waals surface area contributed by atoms with Gasteiger partial charge in [0.15, 0.2) is 11.5 Å². The average molecular weight is 600 g/mol. The molecule has 3 N–H and O–H groups in total. The highest BCUT2D eigenvalue weighted by atomic mass is 79.9. The third-order valence-electron chi connectivity index (χ3n) is 5.67. The Kier molecular flexibility index (Phi) is 8.55. The van der Waals surface area contributed by atoms with Crippen LogP contribution in [0, 0.1) is 0 Å². The Morgan fingerprint density at radius 3 is 2.34 bits per heavy atom. The Balaban J connectivity index is 1.47. The lowest BCUT2D eigenvalue weighted by molar-refractivity contribution is -0.136. The van der Waals surface area contributed by atoms with Gasteiger partial charge >= 0.3 is 11.8 Å². The molecule has 3 amide bonds. The van der Waals surface area contributed by atoms with Gasteiger partial charge in [-0.3, -0.25) is 19.8 Å². The number of nitrogens with zero attached hydrogens (tertiary/aromatic N) is 1. The van der Waals surface area contributed by atoms with Crippen molar-refractivity contribution in [1.29, 1.82) is 0 Å². The van der Waals surface area contributed by atoms with Crippen LogP contribution < -0.4 is 25.5 Å². The summed E-state index contributed by atoms with van der Waals surface area (Å²) in [5, 5.41) is 6.60.